The maximum absolute atomic E-state index is 12.1. The first-order valence-corrected chi connectivity index (χ1v) is 7.30. The molecule has 2 N–H and O–H groups in total. The van der Waals surface area contributed by atoms with Crippen LogP contribution in [-0.2, 0) is 0 Å². The van der Waals surface area contributed by atoms with E-state index >= 15 is 0 Å². The predicted molar refractivity (Wildman–Crippen MR) is 84.6 cm³/mol. The van der Waals surface area contributed by atoms with Crippen molar-refractivity contribution in [3.05, 3.63) is 52.9 Å². The van der Waals surface area contributed by atoms with Gasteiger partial charge in [-0.25, -0.2) is 0 Å². The van der Waals surface area contributed by atoms with E-state index in [1.165, 1.54) is 0 Å². The summed E-state index contributed by atoms with van der Waals surface area (Å²) in [5, 5.41) is 8.82. The van der Waals surface area contributed by atoms with Crippen LogP contribution in [0.4, 0.5) is 5.00 Å². The van der Waals surface area contributed by atoms with Crippen molar-refractivity contribution in [2.75, 3.05) is 11.9 Å². The molecule has 1 aromatic heterocycles. The van der Waals surface area contributed by atoms with Crippen LogP contribution < -0.4 is 10.6 Å². The van der Waals surface area contributed by atoms with Gasteiger partial charge in [-0.2, -0.15) is 0 Å². The molecule has 0 aliphatic carbocycles. The molecule has 1 amide bonds. The molecule has 2 aromatic rings. The zero-order valence-electron chi connectivity index (χ0n) is 11.5. The highest BCUT2D eigenvalue weighted by atomic mass is 32.1. The number of thiophene rings is 1. The molecule has 1 aromatic carbocycles. The average Bonchev–Trinajstić information content (AvgIpc) is 2.92. The molecule has 0 saturated heterocycles. The third-order valence-corrected chi connectivity index (χ3v) is 3.41. The van der Waals surface area contributed by atoms with Crippen molar-refractivity contribution in [2.24, 2.45) is 4.99 Å². The molecule has 104 valence electrons. The van der Waals surface area contributed by atoms with Gasteiger partial charge in [-0.05, 0) is 43.5 Å². The Labute approximate surface area is 122 Å². The van der Waals surface area contributed by atoms with Gasteiger partial charge in [0, 0.05) is 12.1 Å². The number of carbonyl (C=O) groups excluding carboxylic acids is 1. The van der Waals surface area contributed by atoms with Crippen LogP contribution in [0.3, 0.4) is 0 Å². The Morgan fingerprint density at radius 2 is 2.00 bits per heavy atom. The number of anilines is 1. The number of nitrogens with one attached hydrogen (secondary N) is 2. The number of guanidine groups is 1. The van der Waals surface area contributed by atoms with Crippen LogP contribution in [0.25, 0.3) is 0 Å². The Morgan fingerprint density at radius 1 is 1.25 bits per heavy atom. The summed E-state index contributed by atoms with van der Waals surface area (Å²) in [5.41, 5.74) is 1.74. The third kappa shape index (κ3) is 3.93. The molecule has 2 rings (SSSR count). The van der Waals surface area contributed by atoms with Gasteiger partial charge >= 0.3 is 0 Å². The van der Waals surface area contributed by atoms with Gasteiger partial charge in [0.15, 0.2) is 0 Å². The second-order valence-corrected chi connectivity index (χ2v) is 5.19. The van der Waals surface area contributed by atoms with Crippen LogP contribution in [0, 0.1) is 6.92 Å². The zero-order chi connectivity index (χ0) is 14.4. The van der Waals surface area contributed by atoms with Crippen LogP contribution in [-0.4, -0.2) is 18.4 Å². The highest BCUT2D eigenvalue weighted by Gasteiger charge is 2.09. The van der Waals surface area contributed by atoms with E-state index in [1.54, 1.807) is 23.5 Å². The van der Waals surface area contributed by atoms with Crippen LogP contribution in [0.15, 0.2) is 46.8 Å². The number of amides is 1. The Kier molecular flexibility index (Phi) is 4.90. The van der Waals surface area contributed by atoms with E-state index in [-0.39, 0.29) is 5.91 Å². The number of aryl methyl sites for hydroxylation is 1. The lowest BCUT2D eigenvalue weighted by atomic mass is 10.1. The number of carbonyl (C=O) groups is 1. The molecule has 4 nitrogen and oxygen atoms in total. The van der Waals surface area contributed by atoms with E-state index in [0.29, 0.717) is 18.1 Å². The quantitative estimate of drug-likeness (QED) is 0.672. The fourth-order valence-corrected chi connectivity index (χ4v) is 2.24. The van der Waals surface area contributed by atoms with Crippen molar-refractivity contribution in [3.8, 4) is 0 Å². The molecule has 0 atom stereocenters. The third-order valence-electron chi connectivity index (χ3n) is 2.62. The van der Waals surface area contributed by atoms with Gasteiger partial charge < -0.3 is 5.32 Å². The Balaban J connectivity index is 2.06. The summed E-state index contributed by atoms with van der Waals surface area (Å²) in [6.45, 7) is 4.51. The molecule has 0 spiro atoms. The van der Waals surface area contributed by atoms with E-state index < -0.39 is 0 Å². The van der Waals surface area contributed by atoms with Crippen molar-refractivity contribution in [1.82, 2.24) is 5.32 Å². The van der Waals surface area contributed by atoms with E-state index in [1.807, 2.05) is 43.5 Å². The first-order chi connectivity index (χ1) is 9.69. The summed E-state index contributed by atoms with van der Waals surface area (Å²) in [6.07, 6.45) is 0. The molecule has 0 radical (unpaired) electrons. The van der Waals surface area contributed by atoms with Crippen LogP contribution in [0.1, 0.15) is 22.8 Å². The Hall–Kier alpha value is -2.14. The predicted octanol–water partition coefficient (Wildman–Crippen LogP) is 3.27. The van der Waals surface area contributed by atoms with Crippen molar-refractivity contribution in [2.45, 2.75) is 13.8 Å². The van der Waals surface area contributed by atoms with Crippen LogP contribution in [0.2, 0.25) is 0 Å². The van der Waals surface area contributed by atoms with Crippen LogP contribution >= 0.6 is 11.3 Å². The number of rotatable bonds is 3. The summed E-state index contributed by atoms with van der Waals surface area (Å²) < 4.78 is 0. The molecule has 0 fully saturated rings. The molecule has 0 saturated carbocycles. The number of nitrogens with zero attached hydrogens (tertiary/aromatic N) is 1. The summed E-state index contributed by atoms with van der Waals surface area (Å²) in [4.78, 5) is 16.4. The smallest absolute Gasteiger partial charge is 0.257 e. The second kappa shape index (κ2) is 6.86. The first-order valence-electron chi connectivity index (χ1n) is 6.42. The maximum Gasteiger partial charge on any atom is 0.257 e. The minimum absolute atomic E-state index is 0.166. The lowest BCUT2D eigenvalue weighted by Crippen LogP contribution is -2.35. The van der Waals surface area contributed by atoms with Gasteiger partial charge in [-0.15, -0.1) is 11.3 Å². The topological polar surface area (TPSA) is 53.5 Å². The van der Waals surface area contributed by atoms with E-state index in [0.717, 1.165) is 10.6 Å². The molecule has 0 unspecified atom stereocenters. The molecular weight excluding hydrogens is 270 g/mol. The number of benzene rings is 1. The first kappa shape index (κ1) is 14.3. The number of hydrogen-bond acceptors (Lipinski definition) is 3. The summed E-state index contributed by atoms with van der Waals surface area (Å²) in [6, 6.07) is 11.3. The lowest BCUT2D eigenvalue weighted by molar-refractivity contribution is 0.0977. The molecular formula is C15H17N3OS. The fourth-order valence-electron chi connectivity index (χ4n) is 1.62. The van der Waals surface area contributed by atoms with Crippen molar-refractivity contribution >= 4 is 28.2 Å². The minimum Gasteiger partial charge on any atom is -0.318 e. The molecule has 0 aliphatic heterocycles. The normalized spacial score (nSPS) is 11.2. The summed E-state index contributed by atoms with van der Waals surface area (Å²) >= 11 is 1.56. The van der Waals surface area contributed by atoms with Gasteiger partial charge in [0.1, 0.15) is 0 Å². The number of hydrogen-bond donors (Lipinski definition) is 2. The lowest BCUT2D eigenvalue weighted by Gasteiger charge is -2.10. The SMILES string of the molecule is CCN=C(NC(=O)c1ccc(C)cc1)Nc1cccs1. The van der Waals surface area contributed by atoms with Crippen molar-refractivity contribution < 1.29 is 4.79 Å². The fraction of sp³-hybridized carbons (Fsp3) is 0.200. The van der Waals surface area contributed by atoms with Gasteiger partial charge in [0.25, 0.3) is 5.91 Å². The Bertz CT molecular complexity index is 588. The maximum atomic E-state index is 12.1. The zero-order valence-corrected chi connectivity index (χ0v) is 12.3. The standard InChI is InChI=1S/C15H17N3OS/c1-3-16-15(17-13-5-4-10-20-13)18-14(19)12-8-6-11(2)7-9-12/h4-10H,3H2,1-2H3,(H2,16,17,18,19). The van der Waals surface area contributed by atoms with Gasteiger partial charge in [0.2, 0.25) is 5.96 Å². The average molecular weight is 287 g/mol. The molecule has 5 heteroatoms. The minimum atomic E-state index is -0.166. The highest BCUT2D eigenvalue weighted by molar-refractivity contribution is 7.14. The van der Waals surface area contributed by atoms with Gasteiger partial charge in [-0.1, -0.05) is 17.7 Å². The van der Waals surface area contributed by atoms with Gasteiger partial charge in [0.05, 0.1) is 5.00 Å². The Morgan fingerprint density at radius 3 is 2.60 bits per heavy atom. The molecule has 20 heavy (non-hydrogen) atoms. The molecule has 0 aliphatic rings. The molecule has 0 bridgehead atoms. The summed E-state index contributed by atoms with van der Waals surface area (Å²) in [5.74, 6) is 0.307. The van der Waals surface area contributed by atoms with E-state index in [2.05, 4.69) is 15.6 Å². The largest absolute Gasteiger partial charge is 0.318 e. The van der Waals surface area contributed by atoms with Crippen molar-refractivity contribution in [1.29, 1.82) is 0 Å². The molecule has 1 heterocycles. The van der Waals surface area contributed by atoms with Gasteiger partial charge in [-0.3, -0.25) is 15.1 Å². The monoisotopic (exact) mass is 287 g/mol. The van der Waals surface area contributed by atoms with Crippen LogP contribution in [0.5, 0.6) is 0 Å². The highest BCUT2D eigenvalue weighted by Crippen LogP contribution is 2.14. The van der Waals surface area contributed by atoms with E-state index in [4.69, 9.17) is 0 Å². The van der Waals surface area contributed by atoms with E-state index in [9.17, 15) is 4.79 Å². The van der Waals surface area contributed by atoms with Crippen molar-refractivity contribution in [3.63, 3.8) is 0 Å². The number of aliphatic imine (C=N–C) groups is 1. The second-order valence-electron chi connectivity index (χ2n) is 4.25. The summed E-state index contributed by atoms with van der Waals surface area (Å²) in [7, 11) is 0.